The van der Waals surface area contributed by atoms with Gasteiger partial charge >= 0.3 is 0 Å². The van der Waals surface area contributed by atoms with Gasteiger partial charge in [0.05, 0.1) is 18.4 Å². The van der Waals surface area contributed by atoms with Crippen LogP contribution in [0.25, 0.3) is 0 Å². The Bertz CT molecular complexity index is 1030. The summed E-state index contributed by atoms with van der Waals surface area (Å²) < 4.78 is 18.9. The Kier molecular flexibility index (Phi) is 5.81. The van der Waals surface area contributed by atoms with Gasteiger partial charge in [0.1, 0.15) is 16.6 Å². The van der Waals surface area contributed by atoms with Crippen molar-refractivity contribution in [3.05, 3.63) is 75.9 Å². The second kappa shape index (κ2) is 8.66. The third-order valence-corrected chi connectivity index (χ3v) is 6.35. The van der Waals surface area contributed by atoms with Crippen LogP contribution in [0, 0.1) is 5.82 Å². The molecule has 1 aliphatic rings. The number of para-hydroxylation sites is 2. The Morgan fingerprint density at radius 2 is 1.97 bits per heavy atom. The van der Waals surface area contributed by atoms with E-state index in [0.29, 0.717) is 23.5 Å². The van der Waals surface area contributed by atoms with Gasteiger partial charge in [0, 0.05) is 11.4 Å². The largest absolute Gasteiger partial charge is 0.495 e. The summed E-state index contributed by atoms with van der Waals surface area (Å²) in [6.07, 6.45) is 4.13. The van der Waals surface area contributed by atoms with Gasteiger partial charge in [0.25, 0.3) is 5.91 Å². The molecule has 0 spiro atoms. The number of carbonyl (C=O) groups excluding carboxylic acids is 1. The molecule has 0 saturated heterocycles. The summed E-state index contributed by atoms with van der Waals surface area (Å²) >= 11 is 1.64. The minimum atomic E-state index is -0.260. The average molecular weight is 411 g/mol. The van der Waals surface area contributed by atoms with E-state index in [1.807, 2.05) is 30.3 Å². The molecule has 0 bridgehead atoms. The zero-order valence-electron chi connectivity index (χ0n) is 16.3. The van der Waals surface area contributed by atoms with Crippen molar-refractivity contribution in [2.45, 2.75) is 32.2 Å². The second-order valence-electron chi connectivity index (χ2n) is 7.05. The molecule has 0 atom stereocenters. The van der Waals surface area contributed by atoms with Gasteiger partial charge in [-0.1, -0.05) is 24.3 Å². The quantitative estimate of drug-likeness (QED) is 0.553. The number of hydrogen-bond donors (Lipinski definition) is 2. The normalized spacial score (nSPS) is 12.9. The molecule has 2 N–H and O–H groups in total. The predicted octanol–water partition coefficient (Wildman–Crippen LogP) is 5.64. The minimum Gasteiger partial charge on any atom is -0.495 e. The number of fused-ring (bicyclic) bond motifs is 1. The van der Waals surface area contributed by atoms with Gasteiger partial charge in [-0.2, -0.15) is 0 Å². The van der Waals surface area contributed by atoms with Crippen molar-refractivity contribution in [3.8, 4) is 5.75 Å². The fraction of sp³-hybridized carbons (Fsp3) is 0.261. The third-order valence-electron chi connectivity index (χ3n) is 5.10. The van der Waals surface area contributed by atoms with Crippen molar-refractivity contribution in [1.29, 1.82) is 0 Å². The summed E-state index contributed by atoms with van der Waals surface area (Å²) in [6, 6.07) is 13.9. The van der Waals surface area contributed by atoms with E-state index in [4.69, 9.17) is 4.74 Å². The fourth-order valence-electron chi connectivity index (χ4n) is 3.69. The molecule has 6 heteroatoms. The summed E-state index contributed by atoms with van der Waals surface area (Å²) in [4.78, 5) is 14.5. The zero-order valence-corrected chi connectivity index (χ0v) is 17.1. The van der Waals surface area contributed by atoms with Crippen molar-refractivity contribution < 1.29 is 13.9 Å². The molecule has 3 aromatic rings. The lowest BCUT2D eigenvalue weighted by Crippen LogP contribution is -2.17. The predicted molar refractivity (Wildman–Crippen MR) is 116 cm³/mol. The first-order valence-corrected chi connectivity index (χ1v) is 10.5. The monoisotopic (exact) mass is 410 g/mol. The highest BCUT2D eigenvalue weighted by atomic mass is 32.1. The van der Waals surface area contributed by atoms with Crippen molar-refractivity contribution in [2.24, 2.45) is 0 Å². The highest BCUT2D eigenvalue weighted by molar-refractivity contribution is 7.16. The average Bonchev–Trinajstić information content (AvgIpc) is 3.11. The number of halogens is 1. The van der Waals surface area contributed by atoms with Crippen LogP contribution in [0.15, 0.2) is 48.5 Å². The first-order chi connectivity index (χ1) is 14.2. The van der Waals surface area contributed by atoms with Crippen LogP contribution in [0.2, 0.25) is 0 Å². The molecule has 2 aromatic carbocycles. The fourth-order valence-corrected chi connectivity index (χ4v) is 4.98. The lowest BCUT2D eigenvalue weighted by Gasteiger charge is -2.14. The number of amides is 1. The van der Waals surface area contributed by atoms with Crippen molar-refractivity contribution in [3.63, 3.8) is 0 Å². The van der Waals surface area contributed by atoms with Crippen molar-refractivity contribution in [2.75, 3.05) is 17.7 Å². The molecule has 1 heterocycles. The number of thiophene rings is 1. The van der Waals surface area contributed by atoms with Gasteiger partial charge in [-0.05, 0) is 61.1 Å². The van der Waals surface area contributed by atoms with E-state index in [2.05, 4.69) is 10.6 Å². The molecule has 1 aromatic heterocycles. The second-order valence-corrected chi connectivity index (χ2v) is 8.16. The molecule has 150 valence electrons. The maximum absolute atomic E-state index is 13.5. The van der Waals surface area contributed by atoms with E-state index in [-0.39, 0.29) is 11.7 Å². The third kappa shape index (κ3) is 4.27. The standard InChI is InChI=1S/C23H23FN2O2S/c1-28-19-11-4-3-10-18(19)26-22(27)21-17-9-2-5-12-20(17)29-23(21)25-14-15-7-6-8-16(24)13-15/h3-4,6-8,10-11,13,25H,2,5,9,12,14H2,1H3,(H,26,27). The van der Waals surface area contributed by atoms with E-state index in [1.165, 1.54) is 17.0 Å². The molecule has 0 aliphatic heterocycles. The van der Waals surface area contributed by atoms with Gasteiger partial charge in [0.15, 0.2) is 0 Å². The van der Waals surface area contributed by atoms with Crippen molar-refractivity contribution in [1.82, 2.24) is 0 Å². The summed E-state index contributed by atoms with van der Waals surface area (Å²) in [5.41, 5.74) is 3.32. The molecule has 0 fully saturated rings. The lowest BCUT2D eigenvalue weighted by molar-refractivity contribution is 0.102. The molecule has 4 rings (SSSR count). The molecule has 0 radical (unpaired) electrons. The van der Waals surface area contributed by atoms with Gasteiger partial charge in [-0.25, -0.2) is 4.39 Å². The minimum absolute atomic E-state index is 0.143. The van der Waals surface area contributed by atoms with E-state index >= 15 is 0 Å². The van der Waals surface area contributed by atoms with E-state index in [1.54, 1.807) is 24.5 Å². The topological polar surface area (TPSA) is 50.4 Å². The van der Waals surface area contributed by atoms with Gasteiger partial charge in [-0.3, -0.25) is 4.79 Å². The first-order valence-electron chi connectivity index (χ1n) is 9.73. The number of nitrogens with one attached hydrogen (secondary N) is 2. The van der Waals surface area contributed by atoms with Crippen LogP contribution >= 0.6 is 11.3 Å². The Balaban J connectivity index is 1.62. The molecule has 1 amide bonds. The Morgan fingerprint density at radius 1 is 1.14 bits per heavy atom. The summed E-state index contributed by atoms with van der Waals surface area (Å²) in [7, 11) is 1.59. The molecule has 0 unspecified atom stereocenters. The smallest absolute Gasteiger partial charge is 0.259 e. The van der Waals surface area contributed by atoms with Crippen LogP contribution in [0.1, 0.15) is 39.2 Å². The summed E-state index contributed by atoms with van der Waals surface area (Å²) in [5.74, 6) is 0.221. The highest BCUT2D eigenvalue weighted by Crippen LogP contribution is 2.39. The lowest BCUT2D eigenvalue weighted by atomic mass is 9.95. The van der Waals surface area contributed by atoms with E-state index in [9.17, 15) is 9.18 Å². The number of ether oxygens (including phenoxy) is 1. The molecule has 4 nitrogen and oxygen atoms in total. The van der Waals surface area contributed by atoms with E-state index < -0.39 is 0 Å². The number of hydrogen-bond acceptors (Lipinski definition) is 4. The maximum Gasteiger partial charge on any atom is 0.259 e. The number of rotatable bonds is 6. The van der Waals surface area contributed by atoms with Gasteiger partial charge in [-0.15, -0.1) is 11.3 Å². The van der Waals surface area contributed by atoms with Crippen LogP contribution in [0.3, 0.4) is 0 Å². The number of carbonyl (C=O) groups is 1. The SMILES string of the molecule is COc1ccccc1NC(=O)c1c(NCc2cccc(F)c2)sc2c1CCCC2. The molecular weight excluding hydrogens is 387 g/mol. The Labute approximate surface area is 173 Å². The number of aryl methyl sites for hydroxylation is 1. The van der Waals surface area contributed by atoms with Gasteiger partial charge in [0.2, 0.25) is 0 Å². The molecule has 29 heavy (non-hydrogen) atoms. The number of benzene rings is 2. The van der Waals surface area contributed by atoms with Crippen LogP contribution in [0.5, 0.6) is 5.75 Å². The molecule has 1 aliphatic carbocycles. The van der Waals surface area contributed by atoms with Crippen LogP contribution in [-0.2, 0) is 19.4 Å². The maximum atomic E-state index is 13.5. The molecule has 0 saturated carbocycles. The summed E-state index contributed by atoms with van der Waals surface area (Å²) in [6.45, 7) is 0.464. The van der Waals surface area contributed by atoms with Crippen LogP contribution in [-0.4, -0.2) is 13.0 Å². The van der Waals surface area contributed by atoms with E-state index in [0.717, 1.165) is 41.8 Å². The molecular formula is C23H23FN2O2S. The van der Waals surface area contributed by atoms with Crippen LogP contribution < -0.4 is 15.4 Å². The number of anilines is 2. The van der Waals surface area contributed by atoms with Gasteiger partial charge < -0.3 is 15.4 Å². The van der Waals surface area contributed by atoms with Crippen LogP contribution in [0.4, 0.5) is 15.1 Å². The highest BCUT2D eigenvalue weighted by Gasteiger charge is 2.26. The zero-order chi connectivity index (χ0) is 20.2. The summed E-state index contributed by atoms with van der Waals surface area (Å²) in [5, 5.41) is 7.21. The first kappa shape index (κ1) is 19.5. The Morgan fingerprint density at radius 3 is 2.79 bits per heavy atom. The van der Waals surface area contributed by atoms with Crippen molar-refractivity contribution >= 4 is 27.9 Å². The number of methoxy groups -OCH3 is 1. The Hall–Kier alpha value is -2.86.